The topological polar surface area (TPSA) is 83.6 Å². The van der Waals surface area contributed by atoms with Crippen molar-refractivity contribution in [2.75, 3.05) is 28.7 Å². The Bertz CT molecular complexity index is 510. The van der Waals surface area contributed by atoms with Crippen molar-refractivity contribution in [1.29, 1.82) is 0 Å². The quantitative estimate of drug-likeness (QED) is 0.852. The monoisotopic (exact) mass is 312 g/mol. The molecule has 1 atom stereocenters. The highest BCUT2D eigenvalue weighted by molar-refractivity contribution is 8.00. The van der Waals surface area contributed by atoms with Gasteiger partial charge in [-0.25, -0.2) is 0 Å². The lowest BCUT2D eigenvalue weighted by Crippen LogP contribution is -2.37. The van der Waals surface area contributed by atoms with Gasteiger partial charge in [-0.1, -0.05) is 12.1 Å². The first-order valence-electron chi connectivity index (χ1n) is 6.18. The molecule has 0 saturated carbocycles. The van der Waals surface area contributed by atoms with Gasteiger partial charge in [-0.3, -0.25) is 9.59 Å². The number of hydrogen-bond donors (Lipinski definition) is 2. The molecule has 3 N–H and O–H groups in total. The van der Waals surface area contributed by atoms with Crippen LogP contribution in [0.4, 0.5) is 5.69 Å². The molecule has 0 aliphatic carbocycles. The van der Waals surface area contributed by atoms with E-state index in [1.807, 2.05) is 24.3 Å². The molecular formula is C13H16N2O3S2. The van der Waals surface area contributed by atoms with E-state index >= 15 is 0 Å². The van der Waals surface area contributed by atoms with Gasteiger partial charge in [-0.2, -0.15) is 0 Å². The van der Waals surface area contributed by atoms with E-state index in [1.165, 1.54) is 11.8 Å². The van der Waals surface area contributed by atoms with Gasteiger partial charge >= 0.3 is 5.97 Å². The Balaban J connectivity index is 1.92. The van der Waals surface area contributed by atoms with Gasteiger partial charge in [-0.05, 0) is 12.1 Å². The number of amides is 1. The van der Waals surface area contributed by atoms with Crippen molar-refractivity contribution in [3.63, 3.8) is 0 Å². The average Bonchev–Trinajstić information content (AvgIpc) is 2.46. The Kier molecular flexibility index (Phi) is 5.33. The SMILES string of the molecule is N[C@@H](CSCC(=O)N1CCSc2ccccc21)C(=O)O. The molecule has 0 fully saturated rings. The minimum absolute atomic E-state index is 0.000314. The van der Waals surface area contributed by atoms with Crippen molar-refractivity contribution < 1.29 is 14.7 Å². The summed E-state index contributed by atoms with van der Waals surface area (Å²) in [5.74, 6) is 0.331. The highest BCUT2D eigenvalue weighted by Crippen LogP contribution is 2.34. The van der Waals surface area contributed by atoms with E-state index in [-0.39, 0.29) is 17.4 Å². The van der Waals surface area contributed by atoms with Crippen LogP contribution in [0, 0.1) is 0 Å². The molecule has 0 aromatic heterocycles. The lowest BCUT2D eigenvalue weighted by atomic mass is 10.3. The first kappa shape index (κ1) is 15.2. The summed E-state index contributed by atoms with van der Waals surface area (Å²) in [6.07, 6.45) is 0. The van der Waals surface area contributed by atoms with Gasteiger partial charge in [0, 0.05) is 22.9 Å². The van der Waals surface area contributed by atoms with Gasteiger partial charge in [0.05, 0.1) is 11.4 Å². The number of nitrogens with two attached hydrogens (primary N) is 1. The van der Waals surface area contributed by atoms with E-state index in [1.54, 1.807) is 16.7 Å². The summed E-state index contributed by atoms with van der Waals surface area (Å²) >= 11 is 3.01. The number of nitrogens with zero attached hydrogens (tertiary/aromatic N) is 1. The minimum atomic E-state index is -1.04. The van der Waals surface area contributed by atoms with E-state index in [0.29, 0.717) is 6.54 Å². The van der Waals surface area contributed by atoms with Crippen LogP contribution in [0.1, 0.15) is 0 Å². The molecule has 1 amide bonds. The lowest BCUT2D eigenvalue weighted by molar-refractivity contribution is -0.137. The van der Waals surface area contributed by atoms with Crippen molar-refractivity contribution in [1.82, 2.24) is 0 Å². The summed E-state index contributed by atoms with van der Waals surface area (Å²) in [7, 11) is 0. The molecule has 1 aliphatic heterocycles. The normalized spacial score (nSPS) is 15.6. The summed E-state index contributed by atoms with van der Waals surface area (Å²) < 4.78 is 0. The number of benzene rings is 1. The number of carbonyl (C=O) groups is 2. The zero-order valence-corrected chi connectivity index (χ0v) is 12.5. The summed E-state index contributed by atoms with van der Waals surface area (Å²) in [4.78, 5) is 25.7. The zero-order chi connectivity index (χ0) is 14.5. The van der Waals surface area contributed by atoms with Gasteiger partial charge in [0.2, 0.25) is 5.91 Å². The van der Waals surface area contributed by atoms with E-state index in [0.717, 1.165) is 16.3 Å². The third-order valence-electron chi connectivity index (χ3n) is 2.87. The van der Waals surface area contributed by atoms with Crippen LogP contribution < -0.4 is 10.6 Å². The molecule has 1 aliphatic rings. The Morgan fingerprint density at radius 2 is 2.20 bits per heavy atom. The fraction of sp³-hybridized carbons (Fsp3) is 0.385. The van der Waals surface area contributed by atoms with Crippen LogP contribution in [0.2, 0.25) is 0 Å². The van der Waals surface area contributed by atoms with Crippen molar-refractivity contribution in [3.8, 4) is 0 Å². The van der Waals surface area contributed by atoms with Crippen molar-refractivity contribution in [3.05, 3.63) is 24.3 Å². The summed E-state index contributed by atoms with van der Waals surface area (Å²) in [6.45, 7) is 0.687. The van der Waals surface area contributed by atoms with Crippen LogP contribution in [-0.2, 0) is 9.59 Å². The number of aliphatic carboxylic acids is 1. The molecule has 0 saturated heterocycles. The fourth-order valence-electron chi connectivity index (χ4n) is 1.85. The molecule has 1 aromatic rings. The van der Waals surface area contributed by atoms with Crippen molar-refractivity contribution in [2.24, 2.45) is 5.73 Å². The number of hydrogen-bond acceptors (Lipinski definition) is 5. The van der Waals surface area contributed by atoms with Crippen LogP contribution >= 0.6 is 23.5 Å². The molecule has 1 aromatic carbocycles. The van der Waals surface area contributed by atoms with Gasteiger partial charge in [0.1, 0.15) is 6.04 Å². The highest BCUT2D eigenvalue weighted by Gasteiger charge is 2.22. The average molecular weight is 312 g/mol. The third kappa shape index (κ3) is 3.68. The van der Waals surface area contributed by atoms with Gasteiger partial charge in [-0.15, -0.1) is 23.5 Å². The van der Waals surface area contributed by atoms with Crippen LogP contribution in [0.3, 0.4) is 0 Å². The highest BCUT2D eigenvalue weighted by atomic mass is 32.2. The van der Waals surface area contributed by atoms with Crippen LogP contribution in [-0.4, -0.2) is 46.8 Å². The predicted molar refractivity (Wildman–Crippen MR) is 82.5 cm³/mol. The minimum Gasteiger partial charge on any atom is -0.480 e. The van der Waals surface area contributed by atoms with Gasteiger partial charge in [0.15, 0.2) is 0 Å². The molecule has 0 spiro atoms. The third-order valence-corrected chi connectivity index (χ3v) is 4.96. The largest absolute Gasteiger partial charge is 0.480 e. The molecule has 108 valence electrons. The van der Waals surface area contributed by atoms with Crippen LogP contribution in [0.15, 0.2) is 29.2 Å². The molecule has 2 rings (SSSR count). The Morgan fingerprint density at radius 3 is 2.95 bits per heavy atom. The van der Waals surface area contributed by atoms with Gasteiger partial charge < -0.3 is 15.7 Å². The Hall–Kier alpha value is -1.18. The van der Waals surface area contributed by atoms with E-state index in [2.05, 4.69) is 0 Å². The summed E-state index contributed by atoms with van der Waals surface area (Å²) in [6, 6.07) is 6.90. The van der Waals surface area contributed by atoms with E-state index in [4.69, 9.17) is 10.8 Å². The molecule has 0 bridgehead atoms. The second-order valence-electron chi connectivity index (χ2n) is 4.32. The Labute approximate surface area is 125 Å². The molecule has 0 unspecified atom stereocenters. The lowest BCUT2D eigenvalue weighted by Gasteiger charge is -2.29. The fourth-order valence-corrected chi connectivity index (χ4v) is 3.69. The maximum absolute atomic E-state index is 12.2. The van der Waals surface area contributed by atoms with Crippen molar-refractivity contribution >= 4 is 41.1 Å². The second kappa shape index (κ2) is 7.01. The number of carboxylic acid groups (broad SMARTS) is 1. The predicted octanol–water partition coefficient (Wildman–Crippen LogP) is 1.27. The van der Waals surface area contributed by atoms with E-state index in [9.17, 15) is 9.59 Å². The Morgan fingerprint density at radius 1 is 1.45 bits per heavy atom. The van der Waals surface area contributed by atoms with Gasteiger partial charge in [0.25, 0.3) is 0 Å². The number of carbonyl (C=O) groups excluding carboxylic acids is 1. The van der Waals surface area contributed by atoms with E-state index < -0.39 is 12.0 Å². The first-order valence-corrected chi connectivity index (χ1v) is 8.32. The van der Waals surface area contributed by atoms with Crippen molar-refractivity contribution in [2.45, 2.75) is 10.9 Å². The number of rotatable bonds is 5. The molecule has 7 heteroatoms. The second-order valence-corrected chi connectivity index (χ2v) is 6.49. The summed E-state index contributed by atoms with van der Waals surface area (Å²) in [5.41, 5.74) is 6.35. The maximum atomic E-state index is 12.2. The van der Waals surface area contributed by atoms with Crippen LogP contribution in [0.5, 0.6) is 0 Å². The molecule has 20 heavy (non-hydrogen) atoms. The number of fused-ring (bicyclic) bond motifs is 1. The first-order chi connectivity index (χ1) is 9.59. The zero-order valence-electron chi connectivity index (χ0n) is 10.8. The number of thioether (sulfide) groups is 2. The van der Waals surface area contributed by atoms with Crippen LogP contribution in [0.25, 0.3) is 0 Å². The molecule has 1 heterocycles. The molecular weight excluding hydrogens is 296 g/mol. The smallest absolute Gasteiger partial charge is 0.321 e. The molecule has 0 radical (unpaired) electrons. The number of para-hydroxylation sites is 1. The number of carboxylic acids is 1. The standard InChI is InChI=1S/C13H16N2O3S2/c14-9(13(17)18)7-19-8-12(16)15-5-6-20-11-4-2-1-3-10(11)15/h1-4,9H,5-8,14H2,(H,17,18)/t9-/m0/s1. The summed E-state index contributed by atoms with van der Waals surface area (Å²) in [5, 5.41) is 8.69. The number of anilines is 1. The molecule has 5 nitrogen and oxygen atoms in total. The maximum Gasteiger partial charge on any atom is 0.321 e.